The first-order valence-corrected chi connectivity index (χ1v) is 8.33. The number of rotatable bonds is 4. The van der Waals surface area contributed by atoms with Gasteiger partial charge in [0.05, 0.1) is 12.7 Å². The number of hydrogen-bond donors (Lipinski definition) is 1. The summed E-state index contributed by atoms with van der Waals surface area (Å²) in [6.45, 7) is 7.59. The molecule has 0 unspecified atom stereocenters. The van der Waals surface area contributed by atoms with E-state index in [1.807, 2.05) is 38.3 Å². The minimum atomic E-state index is -0.773. The second-order valence-electron chi connectivity index (χ2n) is 5.65. The number of primary amides is 1. The van der Waals surface area contributed by atoms with Crippen LogP contribution in [0, 0.1) is 39.0 Å². The number of methoxy groups -OCH3 is 1. The molecule has 0 fully saturated rings. The largest absolute Gasteiger partial charge is 0.465 e. The molecule has 0 aliphatic carbocycles. The van der Waals surface area contributed by atoms with Gasteiger partial charge in [0.15, 0.2) is 0 Å². The molecule has 2 rings (SSSR count). The molecule has 2 heterocycles. The van der Waals surface area contributed by atoms with E-state index >= 15 is 0 Å². The Hall–Kier alpha value is -2.85. The molecule has 0 spiro atoms. The third-order valence-electron chi connectivity index (χ3n) is 4.12. The van der Waals surface area contributed by atoms with E-state index in [1.165, 1.54) is 24.5 Å². The summed E-state index contributed by atoms with van der Waals surface area (Å²) in [4.78, 5) is 24.6. The summed E-state index contributed by atoms with van der Waals surface area (Å²) in [5.74, 6) is -1.17. The third-order valence-corrected chi connectivity index (χ3v) is 5.31. The highest BCUT2D eigenvalue weighted by Gasteiger charge is 2.24. The van der Waals surface area contributed by atoms with Gasteiger partial charge >= 0.3 is 5.97 Å². The molecule has 2 N–H and O–H groups in total. The number of esters is 1. The Morgan fingerprint density at radius 1 is 1.32 bits per heavy atom. The molecule has 1 amide bonds. The number of nitriles is 1. The van der Waals surface area contributed by atoms with Crippen molar-refractivity contribution in [3.63, 3.8) is 0 Å². The highest BCUT2D eigenvalue weighted by Crippen LogP contribution is 2.34. The Bertz CT molecular complexity index is 942. The fourth-order valence-corrected chi connectivity index (χ4v) is 3.93. The number of nitrogens with zero attached hydrogens (tertiary/aromatic N) is 2. The number of carbonyl (C=O) groups is 2. The lowest BCUT2D eigenvalue weighted by Crippen LogP contribution is -2.12. The lowest BCUT2D eigenvalue weighted by molar-refractivity contribution is -0.114. The van der Waals surface area contributed by atoms with Crippen molar-refractivity contribution in [2.75, 3.05) is 7.11 Å². The standard InChI is InChI=1S/C18H19N3O3S/c1-9-6-13(7-14(8-19)16(20)22)11(3)21(9)17-15(18(23)24-5)10(2)12(4)25-17/h6-7H,1-5H3,(H2,20,22)/b14-7+. The average molecular weight is 357 g/mol. The Kier molecular flexibility index (Phi) is 5.14. The average Bonchev–Trinajstić information content (AvgIpc) is 3.00. The topological polar surface area (TPSA) is 98.1 Å². The molecule has 0 aromatic carbocycles. The smallest absolute Gasteiger partial charge is 0.341 e. The normalized spacial score (nSPS) is 11.3. The number of amides is 1. The van der Waals surface area contributed by atoms with E-state index in [-0.39, 0.29) is 5.57 Å². The molecule has 0 aliphatic rings. The van der Waals surface area contributed by atoms with Crippen molar-refractivity contribution < 1.29 is 14.3 Å². The van der Waals surface area contributed by atoms with E-state index < -0.39 is 11.9 Å². The summed E-state index contributed by atoms with van der Waals surface area (Å²) in [5.41, 5.74) is 8.88. The highest BCUT2D eigenvalue weighted by molar-refractivity contribution is 7.15. The van der Waals surface area contributed by atoms with Crippen LogP contribution in [0.2, 0.25) is 0 Å². The van der Waals surface area contributed by atoms with E-state index in [0.29, 0.717) is 11.1 Å². The van der Waals surface area contributed by atoms with Crippen molar-refractivity contribution in [2.45, 2.75) is 27.7 Å². The van der Waals surface area contributed by atoms with Gasteiger partial charge in [0.1, 0.15) is 16.6 Å². The second kappa shape index (κ2) is 6.95. The lowest BCUT2D eigenvalue weighted by atomic mass is 10.1. The van der Waals surface area contributed by atoms with Crippen LogP contribution in [0.15, 0.2) is 11.6 Å². The van der Waals surface area contributed by atoms with Crippen molar-refractivity contribution in [1.29, 1.82) is 5.26 Å². The number of hydrogen-bond acceptors (Lipinski definition) is 5. The molecule has 7 heteroatoms. The highest BCUT2D eigenvalue weighted by atomic mass is 32.1. The molecule has 0 radical (unpaired) electrons. The number of carbonyl (C=O) groups excluding carboxylic acids is 2. The maximum absolute atomic E-state index is 12.2. The Balaban J connectivity index is 2.72. The Morgan fingerprint density at radius 2 is 1.96 bits per heavy atom. The summed E-state index contributed by atoms with van der Waals surface area (Å²) < 4.78 is 6.86. The predicted octanol–water partition coefficient (Wildman–Crippen LogP) is 2.95. The van der Waals surface area contributed by atoms with Gasteiger partial charge in [-0.25, -0.2) is 4.79 Å². The van der Waals surface area contributed by atoms with Gasteiger partial charge in [0, 0.05) is 16.3 Å². The number of nitrogens with two attached hydrogens (primary N) is 1. The van der Waals surface area contributed by atoms with Gasteiger partial charge in [0.25, 0.3) is 5.91 Å². The van der Waals surface area contributed by atoms with Crippen molar-refractivity contribution in [3.8, 4) is 11.1 Å². The number of thiophene rings is 1. The minimum Gasteiger partial charge on any atom is -0.465 e. The maximum Gasteiger partial charge on any atom is 0.341 e. The first kappa shape index (κ1) is 18.5. The quantitative estimate of drug-likeness (QED) is 0.517. The lowest BCUT2D eigenvalue weighted by Gasteiger charge is -2.10. The van der Waals surface area contributed by atoms with Crippen molar-refractivity contribution in [3.05, 3.63) is 44.6 Å². The molecule has 2 aromatic heterocycles. The SMILES string of the molecule is COC(=O)c1c(-n2c(C)cc(/C=C(\C#N)C(N)=O)c2C)sc(C)c1C. The predicted molar refractivity (Wildman–Crippen MR) is 96.7 cm³/mol. The van der Waals surface area contributed by atoms with Crippen LogP contribution in [0.25, 0.3) is 11.1 Å². The zero-order chi connectivity index (χ0) is 18.9. The van der Waals surface area contributed by atoms with Crippen LogP contribution in [-0.4, -0.2) is 23.6 Å². The molecule has 2 aromatic rings. The van der Waals surface area contributed by atoms with E-state index in [1.54, 1.807) is 6.07 Å². The zero-order valence-electron chi connectivity index (χ0n) is 14.8. The molecule has 130 valence electrons. The summed E-state index contributed by atoms with van der Waals surface area (Å²) in [7, 11) is 1.36. The van der Waals surface area contributed by atoms with Gasteiger partial charge in [-0.3, -0.25) is 4.79 Å². The second-order valence-corrected chi connectivity index (χ2v) is 6.85. The monoisotopic (exact) mass is 357 g/mol. The number of aryl methyl sites for hydroxylation is 2. The summed E-state index contributed by atoms with van der Waals surface area (Å²) in [5, 5.41) is 9.80. The van der Waals surface area contributed by atoms with Crippen LogP contribution in [0.1, 0.15) is 37.7 Å². The van der Waals surface area contributed by atoms with E-state index in [9.17, 15) is 9.59 Å². The van der Waals surface area contributed by atoms with Gasteiger partial charge in [-0.1, -0.05) is 0 Å². The Morgan fingerprint density at radius 3 is 2.48 bits per heavy atom. The first-order chi connectivity index (χ1) is 11.7. The van der Waals surface area contributed by atoms with Gasteiger partial charge in [-0.05, 0) is 51.0 Å². The molecular weight excluding hydrogens is 338 g/mol. The van der Waals surface area contributed by atoms with E-state index in [2.05, 4.69) is 0 Å². The van der Waals surface area contributed by atoms with Crippen LogP contribution >= 0.6 is 11.3 Å². The van der Waals surface area contributed by atoms with E-state index in [4.69, 9.17) is 15.7 Å². The summed E-state index contributed by atoms with van der Waals surface area (Å²) in [6, 6.07) is 3.65. The van der Waals surface area contributed by atoms with Crippen molar-refractivity contribution >= 4 is 29.3 Å². The van der Waals surface area contributed by atoms with Gasteiger partial charge in [-0.15, -0.1) is 11.3 Å². The molecular formula is C18H19N3O3S. The van der Waals surface area contributed by atoms with Crippen molar-refractivity contribution in [1.82, 2.24) is 4.57 Å². The fraction of sp³-hybridized carbons (Fsp3) is 0.278. The summed E-state index contributed by atoms with van der Waals surface area (Å²) in [6.07, 6.45) is 1.46. The minimum absolute atomic E-state index is 0.119. The van der Waals surface area contributed by atoms with Gasteiger partial charge in [-0.2, -0.15) is 5.26 Å². The fourth-order valence-electron chi connectivity index (χ4n) is 2.67. The molecule has 0 atom stereocenters. The molecule has 0 aliphatic heterocycles. The van der Waals surface area contributed by atoms with Gasteiger partial charge in [0.2, 0.25) is 0 Å². The molecule has 6 nitrogen and oxygen atoms in total. The number of aromatic nitrogens is 1. The molecule has 0 bridgehead atoms. The van der Waals surface area contributed by atoms with Crippen LogP contribution in [0.5, 0.6) is 0 Å². The van der Waals surface area contributed by atoms with Crippen LogP contribution in [-0.2, 0) is 9.53 Å². The molecule has 0 saturated carbocycles. The maximum atomic E-state index is 12.2. The Labute approximate surface area is 150 Å². The number of ether oxygens (including phenoxy) is 1. The zero-order valence-corrected chi connectivity index (χ0v) is 15.6. The summed E-state index contributed by atoms with van der Waals surface area (Å²) >= 11 is 1.50. The third kappa shape index (κ3) is 3.21. The molecule has 0 saturated heterocycles. The van der Waals surface area contributed by atoms with Crippen LogP contribution in [0.4, 0.5) is 0 Å². The van der Waals surface area contributed by atoms with E-state index in [0.717, 1.165) is 26.8 Å². The van der Waals surface area contributed by atoms with Crippen LogP contribution in [0.3, 0.4) is 0 Å². The molecule has 25 heavy (non-hydrogen) atoms. The first-order valence-electron chi connectivity index (χ1n) is 7.52. The van der Waals surface area contributed by atoms with Crippen LogP contribution < -0.4 is 5.73 Å². The van der Waals surface area contributed by atoms with Gasteiger partial charge < -0.3 is 15.0 Å². The van der Waals surface area contributed by atoms with Crippen molar-refractivity contribution in [2.24, 2.45) is 5.73 Å².